The Morgan fingerprint density at radius 3 is 2.79 bits per heavy atom. The van der Waals surface area contributed by atoms with E-state index < -0.39 is 17.5 Å². The molecule has 1 amide bonds. The van der Waals surface area contributed by atoms with Crippen LogP contribution in [0.15, 0.2) is 12.1 Å². The summed E-state index contributed by atoms with van der Waals surface area (Å²) < 4.78 is 26.9. The summed E-state index contributed by atoms with van der Waals surface area (Å²) in [6.45, 7) is 2.01. The van der Waals surface area contributed by atoms with Gasteiger partial charge in [0.05, 0.1) is 10.5 Å². The monoisotopic (exact) mass is 287 g/mol. The standard InChI is InChI=1S/C12H12ClF2N3O/c1-5(4-16)17-12(19)8-3-6-2-7(13)9(14)10(15)11(6)18-8/h2-3,5,18H,4,16H2,1H3,(H,17,19). The average molecular weight is 288 g/mol. The largest absolute Gasteiger partial charge is 0.348 e. The van der Waals surface area contributed by atoms with Crippen molar-refractivity contribution in [1.82, 2.24) is 10.3 Å². The molecule has 1 aromatic heterocycles. The SMILES string of the molecule is CC(CN)NC(=O)c1cc2cc(Cl)c(F)c(F)c2[nH]1. The van der Waals surface area contributed by atoms with E-state index in [1.54, 1.807) is 6.92 Å². The van der Waals surface area contributed by atoms with Gasteiger partial charge in [-0.15, -0.1) is 0 Å². The Bertz CT molecular complexity index is 641. The predicted octanol–water partition coefficient (Wildman–Crippen LogP) is 2.18. The van der Waals surface area contributed by atoms with Crippen LogP contribution in [-0.4, -0.2) is 23.5 Å². The van der Waals surface area contributed by atoms with Crippen LogP contribution in [0, 0.1) is 11.6 Å². The lowest BCUT2D eigenvalue weighted by Crippen LogP contribution is -2.37. The summed E-state index contributed by atoms with van der Waals surface area (Å²) in [6.07, 6.45) is 0. The number of rotatable bonds is 3. The van der Waals surface area contributed by atoms with Gasteiger partial charge in [0.25, 0.3) is 5.91 Å². The number of hydrogen-bond acceptors (Lipinski definition) is 2. The summed E-state index contributed by atoms with van der Waals surface area (Å²) in [5, 5.41) is 2.61. The molecule has 0 saturated heterocycles. The zero-order valence-electron chi connectivity index (χ0n) is 10.1. The minimum Gasteiger partial charge on any atom is -0.348 e. The number of carbonyl (C=O) groups is 1. The molecule has 0 aliphatic carbocycles. The van der Waals surface area contributed by atoms with Crippen molar-refractivity contribution < 1.29 is 13.6 Å². The van der Waals surface area contributed by atoms with E-state index in [0.717, 1.165) is 0 Å². The maximum atomic E-state index is 13.6. The molecular weight excluding hydrogens is 276 g/mol. The van der Waals surface area contributed by atoms with Gasteiger partial charge < -0.3 is 16.0 Å². The summed E-state index contributed by atoms with van der Waals surface area (Å²) in [7, 11) is 0. The number of aromatic amines is 1. The van der Waals surface area contributed by atoms with Crippen LogP contribution in [0.25, 0.3) is 10.9 Å². The minimum absolute atomic E-state index is 0.0903. The van der Waals surface area contributed by atoms with Crippen molar-refractivity contribution in [1.29, 1.82) is 0 Å². The number of halogens is 3. The zero-order valence-corrected chi connectivity index (χ0v) is 10.8. The van der Waals surface area contributed by atoms with Crippen LogP contribution in [0.5, 0.6) is 0 Å². The average Bonchev–Trinajstić information content (AvgIpc) is 2.80. The highest BCUT2D eigenvalue weighted by Gasteiger charge is 2.17. The molecule has 0 aliphatic heterocycles. The van der Waals surface area contributed by atoms with Gasteiger partial charge in [-0.1, -0.05) is 11.6 Å². The number of amides is 1. The van der Waals surface area contributed by atoms with E-state index in [4.69, 9.17) is 17.3 Å². The fourth-order valence-electron chi connectivity index (χ4n) is 1.66. The van der Waals surface area contributed by atoms with Crippen LogP contribution < -0.4 is 11.1 Å². The number of benzene rings is 1. The highest BCUT2D eigenvalue weighted by Crippen LogP contribution is 2.27. The first kappa shape index (κ1) is 13.8. The van der Waals surface area contributed by atoms with Crippen LogP contribution in [0.4, 0.5) is 8.78 Å². The van der Waals surface area contributed by atoms with Gasteiger partial charge in [0.15, 0.2) is 11.6 Å². The van der Waals surface area contributed by atoms with Crippen molar-refractivity contribution in [3.8, 4) is 0 Å². The molecule has 0 saturated carbocycles. The van der Waals surface area contributed by atoms with Crippen LogP contribution in [0.2, 0.25) is 5.02 Å². The van der Waals surface area contributed by atoms with Crippen molar-refractivity contribution in [2.45, 2.75) is 13.0 Å². The molecule has 0 aliphatic rings. The van der Waals surface area contributed by atoms with Gasteiger partial charge in [-0.05, 0) is 19.1 Å². The molecule has 1 atom stereocenters. The molecule has 1 heterocycles. The van der Waals surface area contributed by atoms with Gasteiger partial charge in [-0.2, -0.15) is 0 Å². The number of nitrogens with two attached hydrogens (primary N) is 1. The molecule has 4 N–H and O–H groups in total. The first-order valence-corrected chi connectivity index (χ1v) is 5.99. The Morgan fingerprint density at radius 1 is 1.47 bits per heavy atom. The van der Waals surface area contributed by atoms with Crippen molar-refractivity contribution in [2.24, 2.45) is 5.73 Å². The van der Waals surface area contributed by atoms with Gasteiger partial charge in [-0.25, -0.2) is 8.78 Å². The normalized spacial score (nSPS) is 12.7. The Kier molecular flexibility index (Phi) is 3.73. The number of carbonyl (C=O) groups excluding carboxylic acids is 1. The molecule has 19 heavy (non-hydrogen) atoms. The van der Waals surface area contributed by atoms with Crippen LogP contribution in [0.1, 0.15) is 17.4 Å². The topological polar surface area (TPSA) is 70.9 Å². The van der Waals surface area contributed by atoms with Gasteiger partial charge in [0.1, 0.15) is 5.69 Å². The summed E-state index contributed by atoms with van der Waals surface area (Å²) >= 11 is 5.54. The molecular formula is C12H12ClF2N3O. The van der Waals surface area contributed by atoms with Crippen LogP contribution in [0.3, 0.4) is 0 Å². The number of H-pyrrole nitrogens is 1. The first-order chi connectivity index (χ1) is 8.93. The van der Waals surface area contributed by atoms with E-state index in [0.29, 0.717) is 5.39 Å². The maximum absolute atomic E-state index is 13.6. The van der Waals surface area contributed by atoms with E-state index in [1.165, 1.54) is 12.1 Å². The minimum atomic E-state index is -1.14. The van der Waals surface area contributed by atoms with Gasteiger partial charge in [0, 0.05) is 18.0 Å². The molecule has 0 radical (unpaired) electrons. The third kappa shape index (κ3) is 2.54. The van der Waals surface area contributed by atoms with Crippen molar-refractivity contribution in [3.05, 3.63) is 34.5 Å². The summed E-state index contributed by atoms with van der Waals surface area (Å²) in [6, 6.07) is 2.45. The molecule has 2 aromatic rings. The Hall–Kier alpha value is -1.66. The van der Waals surface area contributed by atoms with Gasteiger partial charge in [-0.3, -0.25) is 4.79 Å². The quantitative estimate of drug-likeness (QED) is 0.757. The van der Waals surface area contributed by atoms with Gasteiger partial charge >= 0.3 is 0 Å². The van der Waals surface area contributed by atoms with E-state index in [1.807, 2.05) is 0 Å². The second-order valence-corrected chi connectivity index (χ2v) is 4.65. The lowest BCUT2D eigenvalue weighted by atomic mass is 10.2. The Morgan fingerprint density at radius 2 is 2.16 bits per heavy atom. The fourth-order valence-corrected chi connectivity index (χ4v) is 1.86. The molecule has 1 unspecified atom stereocenters. The lowest BCUT2D eigenvalue weighted by molar-refractivity contribution is 0.0937. The summed E-state index contributed by atoms with van der Waals surface area (Å²) in [5.41, 5.74) is 5.42. The molecule has 2 rings (SSSR count). The van der Waals surface area contributed by atoms with Crippen LogP contribution in [-0.2, 0) is 0 Å². The zero-order chi connectivity index (χ0) is 14.2. The second kappa shape index (κ2) is 5.14. The molecule has 0 fully saturated rings. The summed E-state index contributed by atoms with van der Waals surface area (Å²) in [4.78, 5) is 14.4. The smallest absolute Gasteiger partial charge is 0.267 e. The van der Waals surface area contributed by atoms with E-state index >= 15 is 0 Å². The van der Waals surface area contributed by atoms with Crippen molar-refractivity contribution in [3.63, 3.8) is 0 Å². The lowest BCUT2D eigenvalue weighted by Gasteiger charge is -2.09. The van der Waals surface area contributed by atoms with E-state index in [2.05, 4.69) is 10.3 Å². The molecule has 7 heteroatoms. The van der Waals surface area contributed by atoms with Crippen LogP contribution >= 0.6 is 11.6 Å². The highest BCUT2D eigenvalue weighted by molar-refractivity contribution is 6.31. The third-order valence-electron chi connectivity index (χ3n) is 2.73. The van der Waals surface area contributed by atoms with Crippen molar-refractivity contribution in [2.75, 3.05) is 6.54 Å². The molecule has 102 valence electrons. The number of fused-ring (bicyclic) bond motifs is 1. The Balaban J connectivity index is 2.42. The summed E-state index contributed by atoms with van der Waals surface area (Å²) in [5.74, 6) is -2.68. The molecule has 1 aromatic carbocycles. The fraction of sp³-hybridized carbons (Fsp3) is 0.250. The first-order valence-electron chi connectivity index (χ1n) is 5.61. The number of aromatic nitrogens is 1. The predicted molar refractivity (Wildman–Crippen MR) is 69.2 cm³/mol. The second-order valence-electron chi connectivity index (χ2n) is 4.24. The van der Waals surface area contributed by atoms with E-state index in [-0.39, 0.29) is 28.8 Å². The molecule has 4 nitrogen and oxygen atoms in total. The highest BCUT2D eigenvalue weighted by atomic mass is 35.5. The number of hydrogen-bond donors (Lipinski definition) is 3. The van der Waals surface area contributed by atoms with Crippen molar-refractivity contribution >= 4 is 28.4 Å². The molecule has 0 spiro atoms. The molecule has 0 bridgehead atoms. The van der Waals surface area contributed by atoms with E-state index in [9.17, 15) is 13.6 Å². The van der Waals surface area contributed by atoms with Gasteiger partial charge in [0.2, 0.25) is 0 Å². The third-order valence-corrected chi connectivity index (χ3v) is 3.00. The Labute approximate surface area is 112 Å². The number of nitrogens with one attached hydrogen (secondary N) is 2. The maximum Gasteiger partial charge on any atom is 0.267 e.